The molecule has 0 saturated carbocycles. The third-order valence-electron chi connectivity index (χ3n) is 3.12. The second-order valence-corrected chi connectivity index (χ2v) is 5.65. The summed E-state index contributed by atoms with van der Waals surface area (Å²) >= 11 is 1.58. The van der Waals surface area contributed by atoms with Crippen LogP contribution in [-0.2, 0) is 4.74 Å². The fourth-order valence-corrected chi connectivity index (χ4v) is 2.67. The van der Waals surface area contributed by atoms with Gasteiger partial charge in [-0.05, 0) is 41.8 Å². The molecule has 0 saturated heterocycles. The normalized spacial score (nSPS) is 10.3. The highest BCUT2D eigenvalue weighted by molar-refractivity contribution is 7.13. The lowest BCUT2D eigenvalue weighted by atomic mass is 10.2. The van der Waals surface area contributed by atoms with Crippen LogP contribution in [0.2, 0.25) is 0 Å². The first-order valence-corrected chi connectivity index (χ1v) is 7.61. The molecular weight excluding hydrogens is 313 g/mol. The van der Waals surface area contributed by atoms with Crippen molar-refractivity contribution in [3.8, 4) is 10.4 Å². The summed E-state index contributed by atoms with van der Waals surface area (Å²) in [7, 11) is 0. The van der Waals surface area contributed by atoms with Gasteiger partial charge < -0.3 is 4.74 Å². The first kappa shape index (κ1) is 15.1. The van der Waals surface area contributed by atoms with Gasteiger partial charge in [-0.2, -0.15) is 0 Å². The van der Waals surface area contributed by atoms with Crippen molar-refractivity contribution < 1.29 is 9.13 Å². The molecule has 4 nitrogen and oxygen atoms in total. The van der Waals surface area contributed by atoms with Gasteiger partial charge in [-0.3, -0.25) is 15.8 Å². The lowest BCUT2D eigenvalue weighted by Gasteiger charge is -2.09. The molecular formula is C17H12FN3OS. The SMILES string of the molecule is N=C(OC(=N)c1cncc(-c2cccs2)c1)c1ccc(F)cc1. The van der Waals surface area contributed by atoms with E-state index in [0.29, 0.717) is 11.1 Å². The molecule has 2 N–H and O–H groups in total. The number of nitrogens with zero attached hydrogens (tertiary/aromatic N) is 1. The number of pyridine rings is 1. The van der Waals surface area contributed by atoms with E-state index in [9.17, 15) is 4.39 Å². The summed E-state index contributed by atoms with van der Waals surface area (Å²) in [4.78, 5) is 5.16. The Kier molecular flexibility index (Phi) is 4.25. The average molecular weight is 325 g/mol. The van der Waals surface area contributed by atoms with Crippen LogP contribution >= 0.6 is 11.3 Å². The van der Waals surface area contributed by atoms with Gasteiger partial charge in [0.1, 0.15) is 5.82 Å². The van der Waals surface area contributed by atoms with Gasteiger partial charge in [0.25, 0.3) is 0 Å². The second-order valence-electron chi connectivity index (χ2n) is 4.71. The largest absolute Gasteiger partial charge is 0.421 e. The number of hydrogen-bond acceptors (Lipinski definition) is 5. The van der Waals surface area contributed by atoms with Gasteiger partial charge in [0, 0.05) is 28.4 Å². The van der Waals surface area contributed by atoms with E-state index in [1.807, 2.05) is 17.5 Å². The van der Waals surface area contributed by atoms with E-state index in [1.54, 1.807) is 23.6 Å². The number of hydrogen-bond donors (Lipinski definition) is 2. The van der Waals surface area contributed by atoms with Crippen LogP contribution in [-0.4, -0.2) is 16.8 Å². The smallest absolute Gasteiger partial charge is 0.222 e. The third-order valence-corrected chi connectivity index (χ3v) is 4.04. The van der Waals surface area contributed by atoms with Gasteiger partial charge in [-0.1, -0.05) is 6.07 Å². The summed E-state index contributed by atoms with van der Waals surface area (Å²) in [5.74, 6) is -0.772. The van der Waals surface area contributed by atoms with Crippen molar-refractivity contribution in [3.05, 3.63) is 77.2 Å². The molecule has 3 aromatic rings. The predicted octanol–water partition coefficient (Wildman–Crippen LogP) is 4.32. The Bertz CT molecular complexity index is 845. The quantitative estimate of drug-likeness (QED) is 0.556. The fourth-order valence-electron chi connectivity index (χ4n) is 1.96. The third kappa shape index (κ3) is 3.49. The number of thiophene rings is 1. The maximum Gasteiger partial charge on any atom is 0.222 e. The lowest BCUT2D eigenvalue weighted by molar-refractivity contribution is 0.537. The number of benzene rings is 1. The molecule has 0 aliphatic heterocycles. The Hall–Kier alpha value is -2.86. The number of aromatic nitrogens is 1. The molecule has 3 rings (SSSR count). The number of rotatable bonds is 3. The minimum atomic E-state index is -0.385. The monoisotopic (exact) mass is 325 g/mol. The molecule has 0 aliphatic rings. The number of halogens is 1. The van der Waals surface area contributed by atoms with Crippen molar-refractivity contribution in [2.45, 2.75) is 0 Å². The standard InChI is InChI=1S/C17H12FN3OS/c18-14-5-3-11(4-6-14)16(19)22-17(20)13-8-12(9-21-10-13)15-2-1-7-23-15/h1-10,19-20H. The zero-order valence-electron chi connectivity index (χ0n) is 11.9. The Morgan fingerprint density at radius 3 is 2.43 bits per heavy atom. The highest BCUT2D eigenvalue weighted by atomic mass is 32.1. The van der Waals surface area contributed by atoms with Crippen LogP contribution in [0.25, 0.3) is 10.4 Å². The van der Waals surface area contributed by atoms with Crippen molar-refractivity contribution in [1.29, 1.82) is 10.8 Å². The summed E-state index contributed by atoms with van der Waals surface area (Å²) in [5, 5.41) is 17.8. The minimum Gasteiger partial charge on any atom is -0.421 e. The zero-order valence-corrected chi connectivity index (χ0v) is 12.7. The van der Waals surface area contributed by atoms with Gasteiger partial charge in [0.15, 0.2) is 0 Å². The molecule has 0 spiro atoms. The van der Waals surface area contributed by atoms with Gasteiger partial charge in [-0.25, -0.2) is 4.39 Å². The lowest BCUT2D eigenvalue weighted by Crippen LogP contribution is -2.13. The zero-order chi connectivity index (χ0) is 16.2. The van der Waals surface area contributed by atoms with E-state index >= 15 is 0 Å². The molecule has 0 fully saturated rings. The van der Waals surface area contributed by atoms with Crippen molar-refractivity contribution in [3.63, 3.8) is 0 Å². The second kappa shape index (κ2) is 6.50. The topological polar surface area (TPSA) is 69.8 Å². The van der Waals surface area contributed by atoms with Crippen LogP contribution in [0.3, 0.4) is 0 Å². The van der Waals surface area contributed by atoms with Gasteiger partial charge in [0.05, 0.1) is 5.56 Å². The Labute approximate surface area is 136 Å². The van der Waals surface area contributed by atoms with Crippen molar-refractivity contribution in [2.75, 3.05) is 0 Å². The van der Waals surface area contributed by atoms with Crippen LogP contribution in [0.1, 0.15) is 11.1 Å². The average Bonchev–Trinajstić information content (AvgIpc) is 3.10. The molecule has 114 valence electrons. The summed E-state index contributed by atoms with van der Waals surface area (Å²) in [6, 6.07) is 11.1. The Morgan fingerprint density at radius 2 is 1.74 bits per heavy atom. The molecule has 0 unspecified atom stereocenters. The molecule has 0 radical (unpaired) electrons. The molecule has 0 aliphatic carbocycles. The minimum absolute atomic E-state index is 0.176. The summed E-state index contributed by atoms with van der Waals surface area (Å²) in [6.45, 7) is 0. The van der Waals surface area contributed by atoms with Crippen LogP contribution in [0, 0.1) is 16.6 Å². The molecule has 2 aromatic heterocycles. The van der Waals surface area contributed by atoms with Gasteiger partial charge in [0.2, 0.25) is 11.8 Å². The predicted molar refractivity (Wildman–Crippen MR) is 88.7 cm³/mol. The molecule has 0 bridgehead atoms. The van der Waals surface area contributed by atoms with E-state index in [2.05, 4.69) is 4.98 Å². The first-order valence-electron chi connectivity index (χ1n) is 6.73. The van der Waals surface area contributed by atoms with E-state index in [0.717, 1.165) is 10.4 Å². The molecule has 23 heavy (non-hydrogen) atoms. The molecule has 2 heterocycles. The first-order chi connectivity index (χ1) is 11.1. The highest BCUT2D eigenvalue weighted by Gasteiger charge is 2.11. The highest BCUT2D eigenvalue weighted by Crippen LogP contribution is 2.24. The van der Waals surface area contributed by atoms with E-state index in [4.69, 9.17) is 15.6 Å². The number of nitrogens with one attached hydrogen (secondary N) is 2. The van der Waals surface area contributed by atoms with Crippen molar-refractivity contribution in [1.82, 2.24) is 4.98 Å². The fraction of sp³-hybridized carbons (Fsp3) is 0. The van der Waals surface area contributed by atoms with Crippen molar-refractivity contribution in [2.24, 2.45) is 0 Å². The Balaban J connectivity index is 1.77. The molecule has 0 atom stereocenters. The molecule has 1 aromatic carbocycles. The number of ether oxygens (including phenoxy) is 1. The van der Waals surface area contributed by atoms with Crippen LogP contribution < -0.4 is 0 Å². The molecule has 0 amide bonds. The van der Waals surface area contributed by atoms with Crippen molar-refractivity contribution >= 4 is 23.1 Å². The van der Waals surface area contributed by atoms with Gasteiger partial charge >= 0.3 is 0 Å². The van der Waals surface area contributed by atoms with E-state index < -0.39 is 0 Å². The molecule has 6 heteroatoms. The maximum atomic E-state index is 12.9. The van der Waals surface area contributed by atoms with Gasteiger partial charge in [-0.15, -0.1) is 11.3 Å². The van der Waals surface area contributed by atoms with Crippen LogP contribution in [0.4, 0.5) is 4.39 Å². The van der Waals surface area contributed by atoms with Crippen LogP contribution in [0.5, 0.6) is 0 Å². The summed E-state index contributed by atoms with van der Waals surface area (Å²) < 4.78 is 18.1. The van der Waals surface area contributed by atoms with Crippen LogP contribution in [0.15, 0.2) is 60.2 Å². The van der Waals surface area contributed by atoms with E-state index in [-0.39, 0.29) is 17.6 Å². The van der Waals surface area contributed by atoms with E-state index in [1.165, 1.54) is 30.5 Å². The Morgan fingerprint density at radius 1 is 1.00 bits per heavy atom. The summed E-state index contributed by atoms with van der Waals surface area (Å²) in [6.07, 6.45) is 3.23. The maximum absolute atomic E-state index is 12.9. The summed E-state index contributed by atoms with van der Waals surface area (Å²) in [5.41, 5.74) is 1.76.